The average Bonchev–Trinajstić information content (AvgIpc) is 3.11. The van der Waals surface area contributed by atoms with Crippen LogP contribution in [0.15, 0.2) is 34.4 Å². The highest BCUT2D eigenvalue weighted by molar-refractivity contribution is 7.88. The molecular formula is C22H26F3N5O3S2. The molecule has 13 heteroatoms. The third-order valence-electron chi connectivity index (χ3n) is 5.43. The van der Waals surface area contributed by atoms with Crippen molar-refractivity contribution in [2.75, 3.05) is 26.5 Å². The number of ether oxygens (including phenoxy) is 1. The molecule has 0 unspecified atom stereocenters. The summed E-state index contributed by atoms with van der Waals surface area (Å²) in [5, 5.41) is 9.24. The van der Waals surface area contributed by atoms with Gasteiger partial charge < -0.3 is 9.30 Å². The van der Waals surface area contributed by atoms with Crippen LogP contribution in [-0.2, 0) is 28.2 Å². The summed E-state index contributed by atoms with van der Waals surface area (Å²) in [4.78, 5) is 9.59. The van der Waals surface area contributed by atoms with E-state index in [-0.39, 0.29) is 28.5 Å². The van der Waals surface area contributed by atoms with E-state index >= 15 is 0 Å². The first-order valence-corrected chi connectivity index (χ1v) is 13.2. The number of benzene rings is 1. The van der Waals surface area contributed by atoms with E-state index in [1.807, 2.05) is 31.5 Å². The lowest BCUT2D eigenvalue weighted by molar-refractivity contribution is -0.137. The monoisotopic (exact) mass is 529 g/mol. The molecule has 190 valence electrons. The number of nitriles is 1. The van der Waals surface area contributed by atoms with Gasteiger partial charge in [-0.15, -0.1) is 11.3 Å². The third-order valence-corrected chi connectivity index (χ3v) is 8.11. The molecule has 1 aliphatic heterocycles. The molecule has 1 aliphatic rings. The number of hydrogen-bond acceptors (Lipinski definition) is 6. The zero-order valence-corrected chi connectivity index (χ0v) is 21.6. The number of sulfonamides is 1. The Morgan fingerprint density at radius 3 is 2.46 bits per heavy atom. The Labute approximate surface area is 206 Å². The van der Waals surface area contributed by atoms with Crippen LogP contribution < -0.4 is 9.54 Å². The lowest BCUT2D eigenvalue weighted by Gasteiger charge is -2.37. The zero-order valence-electron chi connectivity index (χ0n) is 19.9. The number of amidine groups is 1. The van der Waals surface area contributed by atoms with Crippen molar-refractivity contribution in [3.63, 3.8) is 0 Å². The molecule has 1 fully saturated rings. The fraction of sp³-hybridized carbons (Fsp3) is 0.500. The minimum atomic E-state index is -4.60. The Morgan fingerprint density at radius 2 is 1.94 bits per heavy atom. The number of alkyl halides is 3. The second-order valence-corrected chi connectivity index (χ2v) is 12.3. The molecular weight excluding hydrogens is 503 g/mol. The molecule has 8 nitrogen and oxygen atoms in total. The summed E-state index contributed by atoms with van der Waals surface area (Å²) in [5.41, 5.74) is -1.22. The highest BCUT2D eigenvalue weighted by atomic mass is 32.2. The maximum atomic E-state index is 13.4. The molecule has 1 saturated heterocycles. The van der Waals surface area contributed by atoms with Gasteiger partial charge in [0.25, 0.3) is 0 Å². The average molecular weight is 530 g/mol. The molecule has 1 aromatic carbocycles. The molecule has 35 heavy (non-hydrogen) atoms. The summed E-state index contributed by atoms with van der Waals surface area (Å²) in [6.07, 6.45) is 0.0790. The SMILES string of the molecule is COc1ccc(C(F)(F)F)cc1C(=NC#N)N=c1sc(C(C)(C)C)cn1CC1CN(S(C)(=O)=O)C1. The van der Waals surface area contributed by atoms with Gasteiger partial charge in [0, 0.05) is 36.6 Å². The molecule has 0 atom stereocenters. The highest BCUT2D eigenvalue weighted by Gasteiger charge is 2.34. The smallest absolute Gasteiger partial charge is 0.416 e. The molecule has 0 amide bonds. The number of hydrogen-bond donors (Lipinski definition) is 0. The van der Waals surface area contributed by atoms with Gasteiger partial charge in [-0.25, -0.2) is 12.7 Å². The lowest BCUT2D eigenvalue weighted by Crippen LogP contribution is -2.51. The predicted octanol–water partition coefficient (Wildman–Crippen LogP) is 3.59. The van der Waals surface area contributed by atoms with Gasteiger partial charge in [0.05, 0.1) is 24.5 Å². The Kier molecular flexibility index (Phi) is 7.50. The molecule has 0 N–H and O–H groups in total. The van der Waals surface area contributed by atoms with Crippen LogP contribution >= 0.6 is 11.3 Å². The summed E-state index contributed by atoms with van der Waals surface area (Å²) >= 11 is 1.33. The highest BCUT2D eigenvalue weighted by Crippen LogP contribution is 2.33. The first kappa shape index (κ1) is 26.9. The number of rotatable bonds is 5. The molecule has 2 aromatic rings. The van der Waals surface area contributed by atoms with Gasteiger partial charge in [-0.1, -0.05) is 20.8 Å². The van der Waals surface area contributed by atoms with E-state index < -0.39 is 21.8 Å². The van der Waals surface area contributed by atoms with Crippen LogP contribution in [-0.4, -0.2) is 49.6 Å². The quantitative estimate of drug-likeness (QED) is 0.336. The van der Waals surface area contributed by atoms with Crippen LogP contribution in [0.25, 0.3) is 0 Å². The van der Waals surface area contributed by atoms with E-state index in [9.17, 15) is 26.9 Å². The standard InChI is InChI=1S/C22H26F3N5O3S2/c1-21(2,3)18-12-29(9-14-10-30(11-14)35(5,31)32)20(34-18)28-19(27-13-26)16-8-15(22(23,24)25)6-7-17(16)33-4/h6-8,12,14H,9-11H2,1-5H3. The number of halogens is 3. The van der Waals surface area contributed by atoms with E-state index in [1.54, 1.807) is 6.19 Å². The van der Waals surface area contributed by atoms with Crippen LogP contribution in [0, 0.1) is 17.4 Å². The fourth-order valence-corrected chi connectivity index (χ4v) is 5.50. The number of methoxy groups -OCH3 is 1. The van der Waals surface area contributed by atoms with Gasteiger partial charge in [0.1, 0.15) is 5.75 Å². The summed E-state index contributed by atoms with van der Waals surface area (Å²) < 4.78 is 71.9. The molecule has 0 spiro atoms. The normalized spacial score (nSPS) is 16.8. The van der Waals surface area contributed by atoms with Gasteiger partial charge in [0.2, 0.25) is 16.2 Å². The second kappa shape index (κ2) is 9.75. The molecule has 0 bridgehead atoms. The summed E-state index contributed by atoms with van der Waals surface area (Å²) in [6.45, 7) is 7.24. The van der Waals surface area contributed by atoms with Crippen LogP contribution in [0.5, 0.6) is 5.75 Å². The summed E-state index contributed by atoms with van der Waals surface area (Å²) in [7, 11) is -1.95. The van der Waals surface area contributed by atoms with Crippen molar-refractivity contribution in [1.82, 2.24) is 8.87 Å². The minimum Gasteiger partial charge on any atom is -0.496 e. The van der Waals surface area contributed by atoms with Crippen molar-refractivity contribution in [3.8, 4) is 11.9 Å². The van der Waals surface area contributed by atoms with Crippen LogP contribution in [0.2, 0.25) is 0 Å². The molecule has 0 saturated carbocycles. The predicted molar refractivity (Wildman–Crippen MR) is 127 cm³/mol. The Balaban J connectivity index is 2.10. The minimum absolute atomic E-state index is 0.0468. The van der Waals surface area contributed by atoms with Gasteiger partial charge in [0.15, 0.2) is 10.6 Å². The molecule has 1 aromatic heterocycles. The summed E-state index contributed by atoms with van der Waals surface area (Å²) in [5.74, 6) is -0.0684. The van der Waals surface area contributed by atoms with Crippen molar-refractivity contribution < 1.29 is 26.3 Å². The third kappa shape index (κ3) is 6.31. The maximum absolute atomic E-state index is 13.4. The Hall–Kier alpha value is -2.69. The number of nitrogens with zero attached hydrogens (tertiary/aromatic N) is 5. The maximum Gasteiger partial charge on any atom is 0.416 e. The number of thiazole rings is 1. The van der Waals surface area contributed by atoms with E-state index in [0.29, 0.717) is 24.4 Å². The summed E-state index contributed by atoms with van der Waals surface area (Å²) in [6, 6.07) is 2.91. The molecule has 0 aliphatic carbocycles. The van der Waals surface area contributed by atoms with Gasteiger partial charge in [-0.05, 0) is 23.6 Å². The number of aliphatic imine (C=N–C) groups is 1. The van der Waals surface area contributed by atoms with Crippen molar-refractivity contribution in [1.29, 1.82) is 5.26 Å². The zero-order chi connectivity index (χ0) is 26.2. The Bertz CT molecular complexity index is 1340. The van der Waals surface area contributed by atoms with E-state index in [4.69, 9.17) is 4.74 Å². The van der Waals surface area contributed by atoms with Crippen molar-refractivity contribution >= 4 is 27.2 Å². The van der Waals surface area contributed by atoms with Crippen molar-refractivity contribution in [3.05, 3.63) is 45.2 Å². The lowest BCUT2D eigenvalue weighted by atomic mass is 9.95. The van der Waals surface area contributed by atoms with Crippen molar-refractivity contribution in [2.24, 2.45) is 15.9 Å². The molecule has 0 radical (unpaired) electrons. The number of aromatic nitrogens is 1. The van der Waals surface area contributed by atoms with E-state index in [2.05, 4.69) is 9.98 Å². The van der Waals surface area contributed by atoms with Crippen LogP contribution in [0.4, 0.5) is 13.2 Å². The first-order chi connectivity index (χ1) is 16.1. The van der Waals surface area contributed by atoms with Gasteiger partial charge in [-0.3, -0.25) is 0 Å². The molecule has 3 rings (SSSR count). The van der Waals surface area contributed by atoms with Crippen LogP contribution in [0.3, 0.4) is 0 Å². The van der Waals surface area contributed by atoms with Crippen LogP contribution in [0.1, 0.15) is 36.8 Å². The van der Waals surface area contributed by atoms with Gasteiger partial charge in [-0.2, -0.15) is 28.4 Å². The van der Waals surface area contributed by atoms with E-state index in [0.717, 1.165) is 29.3 Å². The fourth-order valence-electron chi connectivity index (χ4n) is 3.47. The first-order valence-electron chi connectivity index (χ1n) is 10.6. The topological polar surface area (TPSA) is 100 Å². The second-order valence-electron chi connectivity index (χ2n) is 9.29. The molecule has 2 heterocycles. The Morgan fingerprint density at radius 1 is 1.29 bits per heavy atom. The van der Waals surface area contributed by atoms with Crippen molar-refractivity contribution in [2.45, 2.75) is 38.9 Å². The largest absolute Gasteiger partial charge is 0.496 e. The van der Waals surface area contributed by atoms with E-state index in [1.165, 1.54) is 22.8 Å². The van der Waals surface area contributed by atoms with Gasteiger partial charge >= 0.3 is 6.18 Å².